The number of methoxy groups -OCH3 is 1. The number of hydrogen-bond acceptors (Lipinski definition) is 8. The second-order valence-corrected chi connectivity index (χ2v) is 10.9. The van der Waals surface area contributed by atoms with Crippen molar-refractivity contribution in [1.29, 1.82) is 0 Å². The highest BCUT2D eigenvalue weighted by Crippen LogP contribution is 2.29. The Morgan fingerprint density at radius 3 is 2.24 bits per heavy atom. The van der Waals surface area contributed by atoms with Gasteiger partial charge in [0.2, 0.25) is 11.0 Å². The van der Waals surface area contributed by atoms with Crippen molar-refractivity contribution in [3.63, 3.8) is 0 Å². The lowest BCUT2D eigenvalue weighted by Crippen LogP contribution is -2.38. The number of anilines is 2. The fourth-order valence-electron chi connectivity index (χ4n) is 3.34. The summed E-state index contributed by atoms with van der Waals surface area (Å²) in [6.45, 7) is 1.83. The molecule has 192 valence electrons. The third-order valence-electron chi connectivity index (χ3n) is 5.13. The van der Waals surface area contributed by atoms with Crippen molar-refractivity contribution >= 4 is 49.7 Å². The zero-order chi connectivity index (χ0) is 26.4. The highest BCUT2D eigenvalue weighted by molar-refractivity contribution is 7.92. The first-order chi connectivity index (χ1) is 17.8. The van der Waals surface area contributed by atoms with E-state index in [0.29, 0.717) is 33.8 Å². The average molecular weight is 559 g/mol. The molecule has 1 N–H and O–H groups in total. The van der Waals surface area contributed by atoms with E-state index in [0.717, 1.165) is 9.87 Å². The van der Waals surface area contributed by atoms with Gasteiger partial charge in [-0.3, -0.25) is 14.4 Å². The summed E-state index contributed by atoms with van der Waals surface area (Å²) in [5.41, 5.74) is 1.10. The van der Waals surface area contributed by atoms with Gasteiger partial charge in [0, 0.05) is 10.6 Å². The van der Waals surface area contributed by atoms with Crippen LogP contribution in [0.2, 0.25) is 5.02 Å². The number of rotatable bonds is 10. The minimum absolute atomic E-state index is 0.00343. The van der Waals surface area contributed by atoms with Gasteiger partial charge in [0.15, 0.2) is 0 Å². The summed E-state index contributed by atoms with van der Waals surface area (Å²) in [7, 11) is -2.52. The monoisotopic (exact) mass is 558 g/mol. The number of ether oxygens (including phenoxy) is 2. The van der Waals surface area contributed by atoms with Crippen LogP contribution in [0.1, 0.15) is 6.92 Å². The van der Waals surface area contributed by atoms with Crippen molar-refractivity contribution in [3.05, 3.63) is 77.8 Å². The molecular formula is C25H23ClN4O5S2. The highest BCUT2D eigenvalue weighted by Gasteiger charge is 2.28. The van der Waals surface area contributed by atoms with E-state index in [1.54, 1.807) is 43.5 Å². The Balaban J connectivity index is 1.57. The summed E-state index contributed by atoms with van der Waals surface area (Å²) in [6, 6.07) is 19.5. The van der Waals surface area contributed by atoms with Gasteiger partial charge in [-0.05, 0) is 79.7 Å². The fourth-order valence-corrected chi connectivity index (χ4v) is 5.65. The van der Waals surface area contributed by atoms with Crippen LogP contribution < -0.4 is 19.1 Å². The molecule has 0 spiro atoms. The van der Waals surface area contributed by atoms with Crippen LogP contribution in [0.3, 0.4) is 0 Å². The number of amides is 1. The maximum absolute atomic E-state index is 13.5. The first kappa shape index (κ1) is 26.4. The van der Waals surface area contributed by atoms with Crippen LogP contribution in [0.25, 0.3) is 10.6 Å². The van der Waals surface area contributed by atoms with Gasteiger partial charge in [0.05, 0.1) is 24.3 Å². The standard InChI is InChI=1S/C25H23ClN4O5S2/c1-3-35-21-12-8-19(9-13-21)30(37(32,33)22-14-6-18(26)7-15-22)16-23(31)27-25-29-28-24(36-25)17-4-10-20(34-2)11-5-17/h4-15H,3,16H2,1-2H3,(H,27,29,31). The van der Waals surface area contributed by atoms with Crippen LogP contribution >= 0.6 is 22.9 Å². The Morgan fingerprint density at radius 2 is 1.62 bits per heavy atom. The Bertz CT molecular complexity index is 1460. The smallest absolute Gasteiger partial charge is 0.264 e. The van der Waals surface area contributed by atoms with E-state index < -0.39 is 22.5 Å². The number of halogens is 1. The summed E-state index contributed by atoms with van der Waals surface area (Å²) in [6.07, 6.45) is 0. The number of nitrogens with zero attached hydrogens (tertiary/aromatic N) is 3. The Kier molecular flexibility index (Phi) is 8.27. The molecule has 0 aliphatic heterocycles. The van der Waals surface area contributed by atoms with Crippen molar-refractivity contribution in [2.45, 2.75) is 11.8 Å². The van der Waals surface area contributed by atoms with Crippen molar-refractivity contribution in [1.82, 2.24) is 10.2 Å². The maximum Gasteiger partial charge on any atom is 0.264 e. The van der Waals surface area contributed by atoms with Crippen LogP contribution in [-0.2, 0) is 14.8 Å². The largest absolute Gasteiger partial charge is 0.497 e. The first-order valence-corrected chi connectivity index (χ1v) is 13.7. The topological polar surface area (TPSA) is 111 Å². The molecule has 0 radical (unpaired) electrons. The minimum atomic E-state index is -4.10. The van der Waals surface area contributed by atoms with Crippen LogP contribution in [0, 0.1) is 0 Å². The van der Waals surface area contributed by atoms with E-state index in [1.807, 2.05) is 19.1 Å². The lowest BCUT2D eigenvalue weighted by Gasteiger charge is -2.24. The molecule has 3 aromatic carbocycles. The highest BCUT2D eigenvalue weighted by atomic mass is 35.5. The lowest BCUT2D eigenvalue weighted by atomic mass is 10.2. The molecule has 0 unspecified atom stereocenters. The van der Waals surface area contributed by atoms with Gasteiger partial charge in [-0.1, -0.05) is 22.9 Å². The third-order valence-corrected chi connectivity index (χ3v) is 8.06. The first-order valence-electron chi connectivity index (χ1n) is 11.1. The minimum Gasteiger partial charge on any atom is -0.497 e. The lowest BCUT2D eigenvalue weighted by molar-refractivity contribution is -0.114. The molecule has 0 atom stereocenters. The number of carbonyl (C=O) groups is 1. The van der Waals surface area contributed by atoms with Crippen LogP contribution in [-0.4, -0.2) is 44.8 Å². The van der Waals surface area contributed by atoms with Crippen molar-refractivity contribution in [3.8, 4) is 22.1 Å². The number of nitrogens with one attached hydrogen (secondary N) is 1. The third kappa shape index (κ3) is 6.37. The van der Waals surface area contributed by atoms with Gasteiger partial charge < -0.3 is 9.47 Å². The molecule has 37 heavy (non-hydrogen) atoms. The summed E-state index contributed by atoms with van der Waals surface area (Å²) in [5, 5.41) is 12.0. The molecule has 1 heterocycles. The summed E-state index contributed by atoms with van der Waals surface area (Å²) in [4.78, 5) is 13.0. The molecule has 0 saturated carbocycles. The van der Waals surface area contributed by atoms with E-state index in [1.165, 1.54) is 35.6 Å². The summed E-state index contributed by atoms with van der Waals surface area (Å²) in [5.74, 6) is 0.710. The molecule has 0 saturated heterocycles. The second-order valence-electron chi connectivity index (χ2n) is 7.58. The fraction of sp³-hybridized carbons (Fsp3) is 0.160. The summed E-state index contributed by atoms with van der Waals surface area (Å²) < 4.78 is 38.7. The van der Waals surface area contributed by atoms with Crippen molar-refractivity contribution in [2.75, 3.05) is 29.9 Å². The second kappa shape index (κ2) is 11.6. The molecule has 1 amide bonds. The molecule has 0 fully saturated rings. The predicted octanol–water partition coefficient (Wildman–Crippen LogP) is 5.10. The molecule has 4 aromatic rings. The molecule has 9 nitrogen and oxygen atoms in total. The van der Waals surface area contributed by atoms with Gasteiger partial charge >= 0.3 is 0 Å². The zero-order valence-corrected chi connectivity index (χ0v) is 22.3. The number of hydrogen-bond donors (Lipinski definition) is 1. The molecule has 1 aromatic heterocycles. The van der Waals surface area contributed by atoms with E-state index in [9.17, 15) is 13.2 Å². The molecule has 0 bridgehead atoms. The quantitative estimate of drug-likeness (QED) is 0.288. The number of aromatic nitrogens is 2. The molecule has 0 aliphatic rings. The van der Waals surface area contributed by atoms with Gasteiger partial charge in [0.25, 0.3) is 10.0 Å². The molecule has 4 rings (SSSR count). The van der Waals surface area contributed by atoms with Crippen molar-refractivity contribution < 1.29 is 22.7 Å². The van der Waals surface area contributed by atoms with Gasteiger partial charge in [-0.2, -0.15) is 0 Å². The van der Waals surface area contributed by atoms with Gasteiger partial charge in [0.1, 0.15) is 23.1 Å². The molecule has 0 aliphatic carbocycles. The van der Waals surface area contributed by atoms with E-state index in [2.05, 4.69) is 15.5 Å². The van der Waals surface area contributed by atoms with Gasteiger partial charge in [-0.25, -0.2) is 8.42 Å². The predicted molar refractivity (Wildman–Crippen MR) is 144 cm³/mol. The van der Waals surface area contributed by atoms with Crippen LogP contribution in [0.5, 0.6) is 11.5 Å². The molecular weight excluding hydrogens is 536 g/mol. The van der Waals surface area contributed by atoms with Crippen LogP contribution in [0.4, 0.5) is 10.8 Å². The molecule has 12 heteroatoms. The zero-order valence-electron chi connectivity index (χ0n) is 19.9. The summed E-state index contributed by atoms with van der Waals surface area (Å²) >= 11 is 7.11. The van der Waals surface area contributed by atoms with E-state index >= 15 is 0 Å². The van der Waals surface area contributed by atoms with E-state index in [4.69, 9.17) is 21.1 Å². The number of sulfonamides is 1. The number of carbonyl (C=O) groups excluding carboxylic acids is 1. The van der Waals surface area contributed by atoms with Crippen LogP contribution in [0.15, 0.2) is 77.7 Å². The van der Waals surface area contributed by atoms with E-state index in [-0.39, 0.29) is 10.0 Å². The number of benzene rings is 3. The Hall–Kier alpha value is -3.67. The van der Waals surface area contributed by atoms with Gasteiger partial charge in [-0.15, -0.1) is 10.2 Å². The normalized spacial score (nSPS) is 11.1. The average Bonchev–Trinajstić information content (AvgIpc) is 3.36. The Morgan fingerprint density at radius 1 is 0.973 bits per heavy atom. The van der Waals surface area contributed by atoms with Crippen molar-refractivity contribution in [2.24, 2.45) is 0 Å². The Labute approximate surface area is 223 Å². The maximum atomic E-state index is 13.5. The SMILES string of the molecule is CCOc1ccc(N(CC(=O)Nc2nnc(-c3ccc(OC)cc3)s2)S(=O)(=O)c2ccc(Cl)cc2)cc1.